The third-order valence-electron chi connectivity index (χ3n) is 1.36. The number of esters is 1. The zero-order valence-corrected chi connectivity index (χ0v) is 7.57. The average molecular weight is 188 g/mol. The summed E-state index contributed by atoms with van der Waals surface area (Å²) in [4.78, 5) is 21.1. The smallest absolute Gasteiger partial charge is 0.345 e. The van der Waals surface area contributed by atoms with Crippen LogP contribution in [0, 0.1) is 0 Å². The number of rotatable bonds is 5. The van der Waals surface area contributed by atoms with E-state index in [4.69, 9.17) is 9.84 Å². The largest absolute Gasteiger partial charge is 0.477 e. The average Bonchev–Trinajstić information content (AvgIpc) is 2.11. The van der Waals surface area contributed by atoms with Crippen LogP contribution in [-0.4, -0.2) is 36.9 Å². The van der Waals surface area contributed by atoms with Crippen molar-refractivity contribution in [3.8, 4) is 0 Å². The number of carbonyl (C=O) groups is 2. The van der Waals surface area contributed by atoms with Crippen molar-refractivity contribution >= 4 is 11.9 Å². The second-order valence-corrected chi connectivity index (χ2v) is 2.43. The van der Waals surface area contributed by atoms with Gasteiger partial charge in [0.1, 0.15) is 12.2 Å². The molecule has 1 unspecified atom stereocenters. The molecule has 0 saturated carbocycles. The summed E-state index contributed by atoms with van der Waals surface area (Å²) in [5.74, 6) is -2.31. The molecule has 74 valence electrons. The SMILES string of the molecule is C=C(C(=O)O)C(=O)OCC(C)OC. The molecule has 0 saturated heterocycles. The summed E-state index contributed by atoms with van der Waals surface area (Å²) < 4.78 is 9.36. The van der Waals surface area contributed by atoms with Crippen LogP contribution < -0.4 is 0 Å². The topological polar surface area (TPSA) is 72.8 Å². The number of ether oxygens (including phenoxy) is 2. The fraction of sp³-hybridized carbons (Fsp3) is 0.500. The lowest BCUT2D eigenvalue weighted by molar-refractivity contribution is -0.146. The van der Waals surface area contributed by atoms with E-state index < -0.39 is 17.5 Å². The molecule has 0 heterocycles. The lowest BCUT2D eigenvalue weighted by atomic mass is 10.3. The Morgan fingerprint density at radius 2 is 2.08 bits per heavy atom. The van der Waals surface area contributed by atoms with E-state index in [2.05, 4.69) is 11.3 Å². The van der Waals surface area contributed by atoms with Crippen molar-refractivity contribution in [1.29, 1.82) is 0 Å². The highest BCUT2D eigenvalue weighted by Gasteiger charge is 2.16. The summed E-state index contributed by atoms with van der Waals surface area (Å²) in [5.41, 5.74) is -0.580. The first-order chi connectivity index (χ1) is 5.99. The van der Waals surface area contributed by atoms with Crippen molar-refractivity contribution < 1.29 is 24.2 Å². The van der Waals surface area contributed by atoms with Crippen molar-refractivity contribution in [2.24, 2.45) is 0 Å². The van der Waals surface area contributed by atoms with Gasteiger partial charge >= 0.3 is 11.9 Å². The van der Waals surface area contributed by atoms with E-state index in [1.54, 1.807) is 6.92 Å². The second-order valence-electron chi connectivity index (χ2n) is 2.43. The van der Waals surface area contributed by atoms with Crippen LogP contribution in [0.1, 0.15) is 6.92 Å². The monoisotopic (exact) mass is 188 g/mol. The van der Waals surface area contributed by atoms with Gasteiger partial charge in [-0.1, -0.05) is 6.58 Å². The van der Waals surface area contributed by atoms with Crippen LogP contribution in [0.5, 0.6) is 0 Å². The normalized spacial score (nSPS) is 11.8. The van der Waals surface area contributed by atoms with Gasteiger partial charge in [-0.25, -0.2) is 9.59 Å². The molecule has 0 aliphatic heterocycles. The maximum Gasteiger partial charge on any atom is 0.345 e. The Morgan fingerprint density at radius 1 is 1.54 bits per heavy atom. The van der Waals surface area contributed by atoms with Crippen LogP contribution >= 0.6 is 0 Å². The van der Waals surface area contributed by atoms with Crippen molar-refractivity contribution in [3.05, 3.63) is 12.2 Å². The van der Waals surface area contributed by atoms with Crippen molar-refractivity contribution in [2.75, 3.05) is 13.7 Å². The molecular weight excluding hydrogens is 176 g/mol. The number of methoxy groups -OCH3 is 1. The van der Waals surface area contributed by atoms with E-state index in [1.807, 2.05) is 0 Å². The van der Waals surface area contributed by atoms with Gasteiger partial charge in [0.2, 0.25) is 0 Å². The lowest BCUT2D eigenvalue weighted by Gasteiger charge is -2.09. The molecule has 0 fully saturated rings. The maximum atomic E-state index is 10.8. The van der Waals surface area contributed by atoms with E-state index in [0.29, 0.717) is 0 Å². The predicted molar refractivity (Wildman–Crippen MR) is 44.2 cm³/mol. The fourth-order valence-electron chi connectivity index (χ4n) is 0.436. The molecule has 1 N–H and O–H groups in total. The first kappa shape index (κ1) is 11.6. The van der Waals surface area contributed by atoms with Crippen molar-refractivity contribution in [1.82, 2.24) is 0 Å². The third kappa shape index (κ3) is 4.27. The minimum absolute atomic E-state index is 0.0155. The molecule has 0 bridgehead atoms. The fourth-order valence-corrected chi connectivity index (χ4v) is 0.436. The number of carboxylic acids is 1. The van der Waals surface area contributed by atoms with E-state index >= 15 is 0 Å². The molecule has 0 amide bonds. The zero-order chi connectivity index (χ0) is 10.4. The van der Waals surface area contributed by atoms with E-state index in [-0.39, 0.29) is 12.7 Å². The van der Waals surface area contributed by atoms with Gasteiger partial charge in [0.25, 0.3) is 0 Å². The summed E-state index contributed by atoms with van der Waals surface area (Å²) in [6, 6.07) is 0. The predicted octanol–water partition coefficient (Wildman–Crippen LogP) is 0.205. The Morgan fingerprint density at radius 3 is 2.46 bits per heavy atom. The molecule has 13 heavy (non-hydrogen) atoms. The minimum atomic E-state index is -1.38. The number of hydrogen-bond donors (Lipinski definition) is 1. The zero-order valence-electron chi connectivity index (χ0n) is 7.57. The molecule has 0 spiro atoms. The summed E-state index contributed by atoms with van der Waals surface area (Å²) in [7, 11) is 1.46. The number of carbonyl (C=O) groups excluding carboxylic acids is 1. The lowest BCUT2D eigenvalue weighted by Crippen LogP contribution is -2.20. The van der Waals surface area contributed by atoms with Crippen molar-refractivity contribution in [2.45, 2.75) is 13.0 Å². The van der Waals surface area contributed by atoms with Crippen molar-refractivity contribution in [3.63, 3.8) is 0 Å². The molecular formula is C8H12O5. The Hall–Kier alpha value is -1.36. The Bertz CT molecular complexity index is 221. The molecule has 1 atom stereocenters. The van der Waals surface area contributed by atoms with E-state index in [9.17, 15) is 9.59 Å². The Balaban J connectivity index is 3.88. The summed E-state index contributed by atoms with van der Waals surface area (Å²) in [6.45, 7) is 4.75. The molecule has 0 rings (SSSR count). The molecule has 0 aromatic rings. The molecule has 0 aromatic carbocycles. The van der Waals surface area contributed by atoms with Crippen LogP contribution in [0.3, 0.4) is 0 Å². The molecule has 5 nitrogen and oxygen atoms in total. The second kappa shape index (κ2) is 5.31. The molecule has 0 aliphatic carbocycles. The van der Waals surface area contributed by atoms with Gasteiger partial charge in [0.05, 0.1) is 6.10 Å². The summed E-state index contributed by atoms with van der Waals surface area (Å²) in [6.07, 6.45) is -0.259. The van der Waals surface area contributed by atoms with Crippen LogP contribution in [-0.2, 0) is 19.1 Å². The van der Waals surface area contributed by atoms with Crippen LogP contribution in [0.2, 0.25) is 0 Å². The highest BCUT2D eigenvalue weighted by Crippen LogP contribution is 1.97. The molecule has 0 aromatic heterocycles. The van der Waals surface area contributed by atoms with E-state index in [1.165, 1.54) is 7.11 Å². The van der Waals surface area contributed by atoms with Gasteiger partial charge in [0.15, 0.2) is 0 Å². The Labute approximate surface area is 75.9 Å². The number of hydrogen-bond acceptors (Lipinski definition) is 4. The van der Waals surface area contributed by atoms with Crippen LogP contribution in [0.15, 0.2) is 12.2 Å². The minimum Gasteiger partial charge on any atom is -0.477 e. The van der Waals surface area contributed by atoms with Gasteiger partial charge in [-0.05, 0) is 6.92 Å². The van der Waals surface area contributed by atoms with Gasteiger partial charge in [-0.2, -0.15) is 0 Å². The molecule has 5 heteroatoms. The van der Waals surface area contributed by atoms with Gasteiger partial charge in [-0.15, -0.1) is 0 Å². The Kier molecular flexibility index (Phi) is 4.76. The van der Waals surface area contributed by atoms with Crippen LogP contribution in [0.25, 0.3) is 0 Å². The first-order valence-electron chi connectivity index (χ1n) is 3.61. The highest BCUT2D eigenvalue weighted by atomic mass is 16.6. The standard InChI is InChI=1S/C8H12O5/c1-5(12-3)4-13-8(11)6(2)7(9)10/h5H,2,4H2,1,3H3,(H,9,10). The summed E-state index contributed by atoms with van der Waals surface area (Å²) in [5, 5.41) is 8.34. The van der Waals surface area contributed by atoms with Gasteiger partial charge < -0.3 is 14.6 Å². The number of carboxylic acid groups (broad SMARTS) is 1. The molecule has 0 aliphatic rings. The maximum absolute atomic E-state index is 10.8. The molecule has 0 radical (unpaired) electrons. The van der Waals surface area contributed by atoms with E-state index in [0.717, 1.165) is 0 Å². The van der Waals surface area contributed by atoms with Crippen LogP contribution in [0.4, 0.5) is 0 Å². The quantitative estimate of drug-likeness (QED) is 0.289. The number of aliphatic carboxylic acids is 1. The highest BCUT2D eigenvalue weighted by molar-refractivity contribution is 6.12. The van der Waals surface area contributed by atoms with Gasteiger partial charge in [-0.3, -0.25) is 0 Å². The summed E-state index contributed by atoms with van der Waals surface area (Å²) >= 11 is 0. The third-order valence-corrected chi connectivity index (χ3v) is 1.36. The van der Waals surface area contributed by atoms with Gasteiger partial charge in [0, 0.05) is 7.11 Å². The first-order valence-corrected chi connectivity index (χ1v) is 3.61.